The van der Waals surface area contributed by atoms with Crippen molar-refractivity contribution in [1.29, 1.82) is 0 Å². The van der Waals surface area contributed by atoms with Gasteiger partial charge in [0.15, 0.2) is 0 Å². The molecule has 2 amide bonds. The van der Waals surface area contributed by atoms with Gasteiger partial charge in [-0.15, -0.1) is 0 Å². The Bertz CT molecular complexity index is 193. The van der Waals surface area contributed by atoms with Crippen molar-refractivity contribution >= 4 is 6.03 Å². The number of ether oxygens (including phenoxy) is 1. The monoisotopic (exact) mass is 215 g/mol. The summed E-state index contributed by atoms with van der Waals surface area (Å²) in [6, 6.07) is 0.0741. The van der Waals surface area contributed by atoms with Crippen molar-refractivity contribution in [3.8, 4) is 0 Å². The minimum atomic E-state index is -0.142. The van der Waals surface area contributed by atoms with Gasteiger partial charge in [0.1, 0.15) is 0 Å². The molecule has 2 atom stereocenters. The molecule has 5 heteroatoms. The maximum absolute atomic E-state index is 11.4. The van der Waals surface area contributed by atoms with E-state index in [-0.39, 0.29) is 18.1 Å². The number of carbonyl (C=O) groups is 1. The predicted molar refractivity (Wildman–Crippen MR) is 58.6 cm³/mol. The van der Waals surface area contributed by atoms with Crippen LogP contribution in [-0.4, -0.2) is 37.9 Å². The lowest BCUT2D eigenvalue weighted by atomic mass is 10.2. The van der Waals surface area contributed by atoms with E-state index in [1.807, 2.05) is 0 Å². The second kappa shape index (κ2) is 6.63. The summed E-state index contributed by atoms with van der Waals surface area (Å²) in [5.41, 5.74) is 5.77. The first-order valence-corrected chi connectivity index (χ1v) is 5.60. The van der Waals surface area contributed by atoms with E-state index in [1.54, 1.807) is 0 Å². The molecule has 0 bridgehead atoms. The number of hydrogen-bond donors (Lipinski definition) is 3. The largest absolute Gasteiger partial charge is 0.379 e. The van der Waals surface area contributed by atoms with Gasteiger partial charge in [-0.2, -0.15) is 0 Å². The fraction of sp³-hybridized carbons (Fsp3) is 0.900. The molecule has 1 aliphatic heterocycles. The molecule has 0 aromatic heterocycles. The molecule has 4 N–H and O–H groups in total. The second-order valence-corrected chi connectivity index (χ2v) is 3.96. The zero-order valence-corrected chi connectivity index (χ0v) is 9.29. The lowest BCUT2D eigenvalue weighted by Gasteiger charge is -2.14. The number of amides is 2. The van der Waals surface area contributed by atoms with E-state index in [0.29, 0.717) is 13.2 Å². The molecule has 1 aliphatic rings. The van der Waals surface area contributed by atoms with Crippen molar-refractivity contribution in [3.05, 3.63) is 0 Å². The highest BCUT2D eigenvalue weighted by molar-refractivity contribution is 5.74. The lowest BCUT2D eigenvalue weighted by molar-refractivity contribution is 0.188. The first-order valence-electron chi connectivity index (χ1n) is 5.60. The highest BCUT2D eigenvalue weighted by Gasteiger charge is 2.17. The summed E-state index contributed by atoms with van der Waals surface area (Å²) in [5.74, 6) is 0. The molecule has 1 saturated heterocycles. The van der Waals surface area contributed by atoms with E-state index < -0.39 is 0 Å². The fourth-order valence-electron chi connectivity index (χ4n) is 1.58. The van der Waals surface area contributed by atoms with Crippen molar-refractivity contribution in [2.45, 2.75) is 38.3 Å². The van der Waals surface area contributed by atoms with Crippen LogP contribution in [0.1, 0.15) is 26.2 Å². The SMILES string of the molecule is CCCC(N)CNC(=O)NC1CCOC1. The Morgan fingerprint density at radius 2 is 2.47 bits per heavy atom. The van der Waals surface area contributed by atoms with Crippen LogP contribution in [0, 0.1) is 0 Å². The van der Waals surface area contributed by atoms with Crippen LogP contribution >= 0.6 is 0 Å². The number of hydrogen-bond acceptors (Lipinski definition) is 3. The molecule has 0 aliphatic carbocycles. The summed E-state index contributed by atoms with van der Waals surface area (Å²) in [5, 5.41) is 5.61. The normalized spacial score (nSPS) is 22.4. The second-order valence-electron chi connectivity index (χ2n) is 3.96. The number of nitrogens with two attached hydrogens (primary N) is 1. The molecule has 5 nitrogen and oxygen atoms in total. The quantitative estimate of drug-likeness (QED) is 0.613. The van der Waals surface area contributed by atoms with Gasteiger partial charge in [-0.1, -0.05) is 13.3 Å². The first kappa shape index (κ1) is 12.3. The lowest BCUT2D eigenvalue weighted by Crippen LogP contribution is -2.46. The van der Waals surface area contributed by atoms with Gasteiger partial charge in [0, 0.05) is 19.2 Å². The Labute approximate surface area is 90.7 Å². The predicted octanol–water partition coefficient (Wildman–Crippen LogP) is 0.202. The molecule has 2 unspecified atom stereocenters. The Hall–Kier alpha value is -0.810. The molecule has 88 valence electrons. The summed E-state index contributed by atoms with van der Waals surface area (Å²) < 4.78 is 5.15. The molecule has 1 heterocycles. The molecular weight excluding hydrogens is 194 g/mol. The number of rotatable bonds is 5. The van der Waals surface area contributed by atoms with Crippen LogP contribution in [0.5, 0.6) is 0 Å². The average Bonchev–Trinajstić information content (AvgIpc) is 2.68. The van der Waals surface area contributed by atoms with Crippen LogP contribution in [-0.2, 0) is 4.74 Å². The molecular formula is C10H21N3O2. The molecule has 1 rings (SSSR count). The van der Waals surface area contributed by atoms with Crippen LogP contribution in [0.4, 0.5) is 4.79 Å². The van der Waals surface area contributed by atoms with Crippen molar-refractivity contribution in [2.24, 2.45) is 5.73 Å². The van der Waals surface area contributed by atoms with Gasteiger partial charge in [-0.25, -0.2) is 4.79 Å². The van der Waals surface area contributed by atoms with Crippen LogP contribution in [0.25, 0.3) is 0 Å². The Balaban J connectivity index is 2.07. The zero-order chi connectivity index (χ0) is 11.1. The number of carbonyl (C=O) groups excluding carboxylic acids is 1. The third-order valence-corrected chi connectivity index (χ3v) is 2.45. The molecule has 0 saturated carbocycles. The van der Waals surface area contributed by atoms with E-state index >= 15 is 0 Å². The summed E-state index contributed by atoms with van der Waals surface area (Å²) >= 11 is 0. The van der Waals surface area contributed by atoms with E-state index in [2.05, 4.69) is 17.6 Å². The van der Waals surface area contributed by atoms with Gasteiger partial charge in [-0.3, -0.25) is 0 Å². The summed E-state index contributed by atoms with van der Waals surface area (Å²) in [7, 11) is 0. The third kappa shape index (κ3) is 4.99. The maximum atomic E-state index is 11.4. The number of nitrogens with one attached hydrogen (secondary N) is 2. The Kier molecular flexibility index (Phi) is 5.42. The van der Waals surface area contributed by atoms with Gasteiger partial charge in [0.05, 0.1) is 12.6 Å². The van der Waals surface area contributed by atoms with Crippen molar-refractivity contribution in [2.75, 3.05) is 19.8 Å². The fourth-order valence-corrected chi connectivity index (χ4v) is 1.58. The van der Waals surface area contributed by atoms with E-state index in [1.165, 1.54) is 0 Å². The van der Waals surface area contributed by atoms with Gasteiger partial charge in [0.2, 0.25) is 0 Å². The molecule has 0 spiro atoms. The molecule has 0 aromatic carbocycles. The van der Waals surface area contributed by atoms with Crippen molar-refractivity contribution in [3.63, 3.8) is 0 Å². The van der Waals surface area contributed by atoms with Crippen LogP contribution < -0.4 is 16.4 Å². The topological polar surface area (TPSA) is 76.4 Å². The maximum Gasteiger partial charge on any atom is 0.315 e. The Morgan fingerprint density at radius 3 is 3.07 bits per heavy atom. The third-order valence-electron chi connectivity index (χ3n) is 2.45. The minimum Gasteiger partial charge on any atom is -0.379 e. The summed E-state index contributed by atoms with van der Waals surface area (Å²) in [4.78, 5) is 11.4. The standard InChI is InChI=1S/C10H21N3O2/c1-2-3-8(11)6-12-10(14)13-9-4-5-15-7-9/h8-9H,2-7,11H2,1H3,(H2,12,13,14). The zero-order valence-electron chi connectivity index (χ0n) is 9.29. The summed E-state index contributed by atoms with van der Waals surface area (Å²) in [6.07, 6.45) is 2.88. The van der Waals surface area contributed by atoms with Gasteiger partial charge >= 0.3 is 6.03 Å². The molecule has 0 aromatic rings. The first-order chi connectivity index (χ1) is 7.22. The summed E-state index contributed by atoms with van der Waals surface area (Å²) in [6.45, 7) is 3.97. The minimum absolute atomic E-state index is 0.0561. The van der Waals surface area contributed by atoms with Gasteiger partial charge < -0.3 is 21.1 Å². The van der Waals surface area contributed by atoms with Crippen molar-refractivity contribution < 1.29 is 9.53 Å². The molecule has 1 fully saturated rings. The van der Waals surface area contributed by atoms with E-state index in [4.69, 9.17) is 10.5 Å². The van der Waals surface area contributed by atoms with Crippen molar-refractivity contribution in [1.82, 2.24) is 10.6 Å². The van der Waals surface area contributed by atoms with Crippen LogP contribution in [0.15, 0.2) is 0 Å². The van der Waals surface area contributed by atoms with E-state index in [0.717, 1.165) is 25.9 Å². The number of urea groups is 1. The smallest absolute Gasteiger partial charge is 0.315 e. The van der Waals surface area contributed by atoms with Crippen LogP contribution in [0.3, 0.4) is 0 Å². The van der Waals surface area contributed by atoms with Crippen LogP contribution in [0.2, 0.25) is 0 Å². The van der Waals surface area contributed by atoms with Gasteiger partial charge in [0.25, 0.3) is 0 Å². The average molecular weight is 215 g/mol. The van der Waals surface area contributed by atoms with Gasteiger partial charge in [-0.05, 0) is 12.8 Å². The Morgan fingerprint density at radius 1 is 1.67 bits per heavy atom. The highest BCUT2D eigenvalue weighted by Crippen LogP contribution is 2.02. The molecule has 0 radical (unpaired) electrons. The molecule has 15 heavy (non-hydrogen) atoms. The highest BCUT2D eigenvalue weighted by atomic mass is 16.5. The van der Waals surface area contributed by atoms with E-state index in [9.17, 15) is 4.79 Å².